The van der Waals surface area contributed by atoms with E-state index >= 15 is 0 Å². The van der Waals surface area contributed by atoms with E-state index in [4.69, 9.17) is 16.3 Å². The number of halogens is 2. The minimum atomic E-state index is -0.567. The van der Waals surface area contributed by atoms with Crippen LogP contribution >= 0.6 is 11.6 Å². The number of hydrogen-bond donors (Lipinski definition) is 0. The number of hydrogen-bond acceptors (Lipinski definition) is 2. The fourth-order valence-electron chi connectivity index (χ4n) is 2.71. The van der Waals surface area contributed by atoms with Gasteiger partial charge in [0.05, 0.1) is 12.5 Å². The van der Waals surface area contributed by atoms with Crippen LogP contribution in [0.4, 0.5) is 4.39 Å². The van der Waals surface area contributed by atoms with Gasteiger partial charge < -0.3 is 9.64 Å². The Bertz CT molecular complexity index is 495. The van der Waals surface area contributed by atoms with Crippen LogP contribution in [0.2, 0.25) is 0 Å². The van der Waals surface area contributed by atoms with Crippen molar-refractivity contribution < 1.29 is 13.9 Å². The van der Waals surface area contributed by atoms with Gasteiger partial charge in [0.25, 0.3) is 5.91 Å². The van der Waals surface area contributed by atoms with E-state index in [1.807, 2.05) is 0 Å². The molecule has 1 aliphatic carbocycles. The van der Waals surface area contributed by atoms with E-state index in [1.54, 1.807) is 18.0 Å². The van der Waals surface area contributed by atoms with E-state index in [9.17, 15) is 9.18 Å². The standard InChI is InChI=1S/C15H19ClFNO2/c1-18(12-8-4-3-6-10(12)16)15(19)14-11(17)7-5-9-13(14)20-2/h5,7,9-10,12H,3-4,6,8H2,1-2H3. The number of carbonyl (C=O) groups excluding carboxylic acids is 1. The van der Waals surface area contributed by atoms with Crippen LogP contribution in [0.15, 0.2) is 18.2 Å². The molecular formula is C15H19ClFNO2. The van der Waals surface area contributed by atoms with Gasteiger partial charge in [-0.3, -0.25) is 4.79 Å². The average molecular weight is 300 g/mol. The molecule has 0 N–H and O–H groups in total. The summed E-state index contributed by atoms with van der Waals surface area (Å²) in [6, 6.07) is 4.32. The maximum Gasteiger partial charge on any atom is 0.260 e. The lowest BCUT2D eigenvalue weighted by molar-refractivity contribution is 0.0692. The highest BCUT2D eigenvalue weighted by molar-refractivity contribution is 6.21. The molecule has 1 amide bonds. The molecule has 1 aromatic carbocycles. The Morgan fingerprint density at radius 2 is 2.10 bits per heavy atom. The van der Waals surface area contributed by atoms with E-state index < -0.39 is 5.82 Å². The lowest BCUT2D eigenvalue weighted by Crippen LogP contribution is -2.44. The van der Waals surface area contributed by atoms with Crippen LogP contribution in [0.3, 0.4) is 0 Å². The first-order valence-corrected chi connectivity index (χ1v) is 7.23. The third-order valence-electron chi connectivity index (χ3n) is 3.87. The van der Waals surface area contributed by atoms with Gasteiger partial charge in [-0.25, -0.2) is 4.39 Å². The molecule has 0 bridgehead atoms. The lowest BCUT2D eigenvalue weighted by atomic mass is 9.93. The van der Waals surface area contributed by atoms with E-state index in [1.165, 1.54) is 19.2 Å². The van der Waals surface area contributed by atoms with Crippen LogP contribution in [0.5, 0.6) is 5.75 Å². The zero-order chi connectivity index (χ0) is 14.7. The quantitative estimate of drug-likeness (QED) is 0.800. The molecule has 110 valence electrons. The number of benzene rings is 1. The predicted molar refractivity (Wildman–Crippen MR) is 76.9 cm³/mol. The zero-order valence-electron chi connectivity index (χ0n) is 11.7. The van der Waals surface area contributed by atoms with Crippen molar-refractivity contribution in [1.82, 2.24) is 4.90 Å². The normalized spacial score (nSPS) is 22.4. The lowest BCUT2D eigenvalue weighted by Gasteiger charge is -2.35. The first-order chi connectivity index (χ1) is 9.56. The van der Waals surface area contributed by atoms with E-state index in [-0.39, 0.29) is 28.6 Å². The van der Waals surface area contributed by atoms with Crippen molar-refractivity contribution in [1.29, 1.82) is 0 Å². The minimum Gasteiger partial charge on any atom is -0.496 e. The largest absolute Gasteiger partial charge is 0.496 e. The van der Waals surface area contributed by atoms with Crippen LogP contribution in [-0.4, -0.2) is 36.4 Å². The summed E-state index contributed by atoms with van der Waals surface area (Å²) in [7, 11) is 3.11. The van der Waals surface area contributed by atoms with Crippen molar-refractivity contribution in [2.24, 2.45) is 0 Å². The molecule has 0 heterocycles. The molecule has 2 rings (SSSR count). The highest BCUT2D eigenvalue weighted by Crippen LogP contribution is 2.29. The summed E-state index contributed by atoms with van der Waals surface area (Å²) in [5.74, 6) is -0.690. The number of methoxy groups -OCH3 is 1. The van der Waals surface area contributed by atoms with Gasteiger partial charge in [0.2, 0.25) is 0 Å². The van der Waals surface area contributed by atoms with Gasteiger partial charge >= 0.3 is 0 Å². The Balaban J connectivity index is 2.26. The van der Waals surface area contributed by atoms with Gasteiger partial charge in [0, 0.05) is 13.1 Å². The summed E-state index contributed by atoms with van der Waals surface area (Å²) in [6.07, 6.45) is 3.86. The van der Waals surface area contributed by atoms with Gasteiger partial charge in [-0.2, -0.15) is 0 Å². The first-order valence-electron chi connectivity index (χ1n) is 6.80. The Kier molecular flexibility index (Phi) is 4.86. The summed E-state index contributed by atoms with van der Waals surface area (Å²) < 4.78 is 19.0. The number of carbonyl (C=O) groups is 1. The van der Waals surface area contributed by atoms with E-state index in [0.29, 0.717) is 0 Å². The fraction of sp³-hybridized carbons (Fsp3) is 0.533. The highest BCUT2D eigenvalue weighted by Gasteiger charge is 2.32. The molecule has 0 saturated heterocycles. The monoisotopic (exact) mass is 299 g/mol. The smallest absolute Gasteiger partial charge is 0.260 e. The number of amides is 1. The molecule has 3 nitrogen and oxygen atoms in total. The van der Waals surface area contributed by atoms with Crippen molar-refractivity contribution >= 4 is 17.5 Å². The van der Waals surface area contributed by atoms with Crippen molar-refractivity contribution in [3.05, 3.63) is 29.6 Å². The van der Waals surface area contributed by atoms with Gasteiger partial charge in [-0.1, -0.05) is 18.9 Å². The molecule has 0 aliphatic heterocycles. The summed E-state index contributed by atoms with van der Waals surface area (Å²) in [5.41, 5.74) is -0.0214. The van der Waals surface area contributed by atoms with Crippen LogP contribution in [0, 0.1) is 5.82 Å². The number of ether oxygens (including phenoxy) is 1. The molecule has 1 fully saturated rings. The maximum atomic E-state index is 14.0. The number of rotatable bonds is 3. The number of alkyl halides is 1. The molecule has 1 aliphatic rings. The van der Waals surface area contributed by atoms with E-state index in [0.717, 1.165) is 25.7 Å². The second kappa shape index (κ2) is 6.44. The molecule has 5 heteroatoms. The summed E-state index contributed by atoms with van der Waals surface area (Å²) in [6.45, 7) is 0. The molecule has 2 unspecified atom stereocenters. The second-order valence-corrected chi connectivity index (χ2v) is 5.66. The Hall–Kier alpha value is -1.29. The van der Waals surface area contributed by atoms with Crippen molar-refractivity contribution in [2.75, 3.05) is 14.2 Å². The number of nitrogens with zero attached hydrogens (tertiary/aromatic N) is 1. The fourth-order valence-corrected chi connectivity index (χ4v) is 3.16. The average Bonchev–Trinajstić information content (AvgIpc) is 2.46. The topological polar surface area (TPSA) is 29.5 Å². The van der Waals surface area contributed by atoms with Gasteiger partial charge in [-0.05, 0) is 25.0 Å². The van der Waals surface area contributed by atoms with Gasteiger partial charge in [0.1, 0.15) is 17.1 Å². The predicted octanol–water partition coefficient (Wildman–Crippen LogP) is 3.46. The minimum absolute atomic E-state index is 0.0214. The van der Waals surface area contributed by atoms with Gasteiger partial charge in [-0.15, -0.1) is 11.6 Å². The van der Waals surface area contributed by atoms with Crippen LogP contribution in [0.25, 0.3) is 0 Å². The van der Waals surface area contributed by atoms with Crippen molar-refractivity contribution in [3.63, 3.8) is 0 Å². The molecule has 1 saturated carbocycles. The molecule has 0 spiro atoms. The third kappa shape index (κ3) is 2.90. The van der Waals surface area contributed by atoms with Gasteiger partial charge in [0.15, 0.2) is 0 Å². The SMILES string of the molecule is COc1cccc(F)c1C(=O)N(C)C1CCCCC1Cl. The van der Waals surface area contributed by atoms with Crippen LogP contribution in [0.1, 0.15) is 36.0 Å². The molecule has 20 heavy (non-hydrogen) atoms. The van der Waals surface area contributed by atoms with E-state index in [2.05, 4.69) is 0 Å². The van der Waals surface area contributed by atoms with Crippen molar-refractivity contribution in [2.45, 2.75) is 37.1 Å². The van der Waals surface area contributed by atoms with Crippen LogP contribution in [-0.2, 0) is 0 Å². The molecular weight excluding hydrogens is 281 g/mol. The Morgan fingerprint density at radius 3 is 2.75 bits per heavy atom. The zero-order valence-corrected chi connectivity index (χ0v) is 12.5. The van der Waals surface area contributed by atoms with Crippen LogP contribution < -0.4 is 4.74 Å². The molecule has 0 radical (unpaired) electrons. The summed E-state index contributed by atoms with van der Waals surface area (Å²) in [5, 5.41) is -0.0736. The molecule has 2 atom stereocenters. The molecule has 1 aromatic rings. The molecule has 0 aromatic heterocycles. The second-order valence-electron chi connectivity index (χ2n) is 5.10. The Morgan fingerprint density at radius 1 is 1.40 bits per heavy atom. The first kappa shape index (κ1) is 15.1. The van der Waals surface area contributed by atoms with Crippen molar-refractivity contribution in [3.8, 4) is 5.75 Å². The maximum absolute atomic E-state index is 14.0. The third-order valence-corrected chi connectivity index (χ3v) is 4.38. The summed E-state index contributed by atoms with van der Waals surface area (Å²) >= 11 is 6.30. The summed E-state index contributed by atoms with van der Waals surface area (Å²) in [4.78, 5) is 14.1. The highest BCUT2D eigenvalue weighted by atomic mass is 35.5. The Labute approximate surface area is 123 Å².